The number of ether oxygens (including phenoxy) is 2. The Morgan fingerprint density at radius 2 is 1.88 bits per heavy atom. The molecule has 0 saturated carbocycles. The van der Waals surface area contributed by atoms with Crippen LogP contribution in [0.25, 0.3) is 0 Å². The van der Waals surface area contributed by atoms with Gasteiger partial charge in [0.15, 0.2) is 0 Å². The molecule has 1 rings (SSSR count). The molecule has 0 aliphatic carbocycles. The van der Waals surface area contributed by atoms with Crippen molar-refractivity contribution < 1.29 is 19.1 Å². The smallest absolute Gasteiger partial charge is 0.410 e. The quantitative estimate of drug-likeness (QED) is 0.673. The van der Waals surface area contributed by atoms with Gasteiger partial charge in [-0.05, 0) is 20.8 Å². The number of rotatable bonds is 1. The van der Waals surface area contributed by atoms with Gasteiger partial charge in [-0.25, -0.2) is 4.79 Å². The number of methoxy groups -OCH3 is 1. The fourth-order valence-corrected chi connectivity index (χ4v) is 1.71. The van der Waals surface area contributed by atoms with Crippen molar-refractivity contribution in [3.8, 4) is 0 Å². The molecule has 0 aromatic rings. The zero-order valence-corrected chi connectivity index (χ0v) is 10.7. The number of likely N-dealkylation sites (tertiary alicyclic amines) is 1. The Morgan fingerprint density at radius 3 is 2.35 bits per heavy atom. The first kappa shape index (κ1) is 13.8. The largest absolute Gasteiger partial charge is 0.469 e. The van der Waals surface area contributed by atoms with Gasteiger partial charge in [-0.1, -0.05) is 0 Å². The van der Waals surface area contributed by atoms with E-state index in [1.807, 2.05) is 0 Å². The van der Waals surface area contributed by atoms with E-state index in [-0.39, 0.29) is 12.5 Å². The minimum absolute atomic E-state index is 0.253. The summed E-state index contributed by atoms with van der Waals surface area (Å²) in [5.74, 6) is -0.851. The molecule has 1 heterocycles. The number of hydrogen-bond donors (Lipinski definition) is 1. The zero-order chi connectivity index (χ0) is 13.2. The fourth-order valence-electron chi connectivity index (χ4n) is 1.71. The summed E-state index contributed by atoms with van der Waals surface area (Å²) in [5, 5.41) is 0. The maximum atomic E-state index is 11.8. The lowest BCUT2D eigenvalue weighted by Crippen LogP contribution is -2.36. The van der Waals surface area contributed by atoms with Crippen molar-refractivity contribution in [1.82, 2.24) is 4.90 Å². The first-order chi connectivity index (χ1) is 7.74. The third-order valence-corrected chi connectivity index (χ3v) is 2.52. The van der Waals surface area contributed by atoms with Crippen LogP contribution in [-0.4, -0.2) is 48.8 Å². The molecule has 0 radical (unpaired) electrons. The van der Waals surface area contributed by atoms with Crippen LogP contribution >= 0.6 is 0 Å². The van der Waals surface area contributed by atoms with E-state index in [1.54, 1.807) is 20.8 Å². The number of hydrogen-bond acceptors (Lipinski definition) is 5. The molecule has 1 saturated heterocycles. The van der Waals surface area contributed by atoms with Crippen molar-refractivity contribution in [3.05, 3.63) is 0 Å². The molecule has 1 amide bonds. The number of esters is 1. The van der Waals surface area contributed by atoms with Crippen LogP contribution in [0.2, 0.25) is 0 Å². The van der Waals surface area contributed by atoms with Gasteiger partial charge < -0.3 is 20.1 Å². The van der Waals surface area contributed by atoms with Crippen molar-refractivity contribution in [1.29, 1.82) is 0 Å². The standard InChI is InChI=1S/C11H20N2O4/c1-11(2,3)17-10(15)13-5-7(8(12)6-13)9(14)16-4/h7-8H,5-6,12H2,1-4H3/t7-,8-/m1/s1. The van der Waals surface area contributed by atoms with Crippen LogP contribution in [0, 0.1) is 5.92 Å². The second kappa shape index (κ2) is 4.91. The lowest BCUT2D eigenvalue weighted by atomic mass is 10.1. The molecule has 1 fully saturated rings. The average Bonchev–Trinajstić information content (AvgIpc) is 2.57. The average molecular weight is 244 g/mol. The van der Waals surface area contributed by atoms with E-state index >= 15 is 0 Å². The summed E-state index contributed by atoms with van der Waals surface area (Å²) in [6.45, 7) is 5.94. The van der Waals surface area contributed by atoms with Gasteiger partial charge >= 0.3 is 12.1 Å². The van der Waals surface area contributed by atoms with E-state index in [4.69, 9.17) is 10.5 Å². The van der Waals surface area contributed by atoms with E-state index in [9.17, 15) is 9.59 Å². The first-order valence-electron chi connectivity index (χ1n) is 5.56. The third-order valence-electron chi connectivity index (χ3n) is 2.52. The molecule has 17 heavy (non-hydrogen) atoms. The molecule has 0 aromatic carbocycles. The highest BCUT2D eigenvalue weighted by Crippen LogP contribution is 2.19. The Morgan fingerprint density at radius 1 is 1.29 bits per heavy atom. The summed E-state index contributed by atoms with van der Waals surface area (Å²) < 4.78 is 9.85. The van der Waals surface area contributed by atoms with Crippen molar-refractivity contribution in [3.63, 3.8) is 0 Å². The molecule has 2 N–H and O–H groups in total. The van der Waals surface area contributed by atoms with Crippen LogP contribution in [0.1, 0.15) is 20.8 Å². The molecular weight excluding hydrogens is 224 g/mol. The number of nitrogens with two attached hydrogens (primary N) is 1. The fraction of sp³-hybridized carbons (Fsp3) is 0.818. The topological polar surface area (TPSA) is 81.9 Å². The van der Waals surface area contributed by atoms with E-state index < -0.39 is 23.7 Å². The summed E-state index contributed by atoms with van der Waals surface area (Å²) in [4.78, 5) is 24.6. The molecule has 0 spiro atoms. The molecule has 0 bridgehead atoms. The molecule has 98 valence electrons. The van der Waals surface area contributed by atoms with Gasteiger partial charge in [0.25, 0.3) is 0 Å². The number of carbonyl (C=O) groups is 2. The minimum Gasteiger partial charge on any atom is -0.469 e. The van der Waals surface area contributed by atoms with Crippen LogP contribution in [0.3, 0.4) is 0 Å². The maximum absolute atomic E-state index is 11.8. The second-order valence-corrected chi connectivity index (χ2v) is 5.18. The number of carbonyl (C=O) groups excluding carboxylic acids is 2. The molecule has 1 aliphatic rings. The third kappa shape index (κ3) is 3.59. The Balaban J connectivity index is 2.60. The molecule has 6 nitrogen and oxygen atoms in total. The van der Waals surface area contributed by atoms with Crippen LogP contribution in [-0.2, 0) is 14.3 Å². The van der Waals surface area contributed by atoms with Crippen molar-refractivity contribution in [2.75, 3.05) is 20.2 Å². The summed E-state index contributed by atoms with van der Waals surface area (Å²) in [7, 11) is 1.31. The van der Waals surface area contributed by atoms with Gasteiger partial charge in [0.1, 0.15) is 5.60 Å². The van der Waals surface area contributed by atoms with E-state index in [1.165, 1.54) is 12.0 Å². The van der Waals surface area contributed by atoms with Crippen LogP contribution in [0.5, 0.6) is 0 Å². The Hall–Kier alpha value is -1.30. The van der Waals surface area contributed by atoms with Gasteiger partial charge in [0, 0.05) is 19.1 Å². The van der Waals surface area contributed by atoms with Crippen LogP contribution < -0.4 is 5.73 Å². The molecular formula is C11H20N2O4. The normalized spacial score (nSPS) is 24.6. The maximum Gasteiger partial charge on any atom is 0.410 e. The summed E-state index contributed by atoms with van der Waals surface area (Å²) in [6, 6.07) is -0.394. The molecule has 2 atom stereocenters. The molecule has 1 aliphatic heterocycles. The lowest BCUT2D eigenvalue weighted by Gasteiger charge is -2.24. The number of amides is 1. The van der Waals surface area contributed by atoms with Crippen LogP contribution in [0.15, 0.2) is 0 Å². The van der Waals surface area contributed by atoms with Gasteiger partial charge in [-0.15, -0.1) is 0 Å². The van der Waals surface area contributed by atoms with Crippen LogP contribution in [0.4, 0.5) is 4.79 Å². The van der Waals surface area contributed by atoms with E-state index in [0.29, 0.717) is 6.54 Å². The Labute approximate surface area is 101 Å². The Bertz CT molecular complexity index is 311. The Kier molecular flexibility index (Phi) is 3.98. The number of nitrogens with zero attached hydrogens (tertiary/aromatic N) is 1. The van der Waals surface area contributed by atoms with E-state index in [0.717, 1.165) is 0 Å². The second-order valence-electron chi connectivity index (χ2n) is 5.18. The summed E-state index contributed by atoms with van der Waals surface area (Å²) in [6.07, 6.45) is -0.445. The summed E-state index contributed by atoms with van der Waals surface area (Å²) in [5.41, 5.74) is 5.25. The monoisotopic (exact) mass is 244 g/mol. The van der Waals surface area contributed by atoms with E-state index in [2.05, 4.69) is 4.74 Å². The zero-order valence-electron chi connectivity index (χ0n) is 10.7. The molecule has 0 aromatic heterocycles. The predicted molar refractivity (Wildman–Crippen MR) is 61.3 cm³/mol. The molecule has 0 unspecified atom stereocenters. The van der Waals surface area contributed by atoms with Gasteiger partial charge in [-0.3, -0.25) is 4.79 Å². The van der Waals surface area contributed by atoms with Gasteiger partial charge in [-0.2, -0.15) is 0 Å². The SMILES string of the molecule is COC(=O)[C@@H]1CN(C(=O)OC(C)(C)C)C[C@H]1N. The van der Waals surface area contributed by atoms with Crippen molar-refractivity contribution in [2.24, 2.45) is 11.7 Å². The highest BCUT2D eigenvalue weighted by molar-refractivity contribution is 5.76. The van der Waals surface area contributed by atoms with Crippen molar-refractivity contribution >= 4 is 12.1 Å². The lowest BCUT2D eigenvalue weighted by molar-refractivity contribution is -0.145. The van der Waals surface area contributed by atoms with Gasteiger partial charge in [0.05, 0.1) is 13.0 Å². The summed E-state index contributed by atoms with van der Waals surface area (Å²) >= 11 is 0. The first-order valence-corrected chi connectivity index (χ1v) is 5.56. The van der Waals surface area contributed by atoms with Gasteiger partial charge in [0.2, 0.25) is 0 Å². The highest BCUT2D eigenvalue weighted by atomic mass is 16.6. The predicted octanol–water partition coefficient (Wildman–Crippen LogP) is 0.354. The minimum atomic E-state index is -0.551. The highest BCUT2D eigenvalue weighted by Gasteiger charge is 2.39. The molecule has 6 heteroatoms. The van der Waals surface area contributed by atoms with Crippen molar-refractivity contribution in [2.45, 2.75) is 32.4 Å².